The molecule has 0 aliphatic heterocycles. The zero-order valence-electron chi connectivity index (χ0n) is 15.3. The van der Waals surface area contributed by atoms with Crippen molar-refractivity contribution in [2.24, 2.45) is 5.92 Å². The molecule has 2 aromatic rings. The van der Waals surface area contributed by atoms with Gasteiger partial charge in [0.1, 0.15) is 0 Å². The van der Waals surface area contributed by atoms with E-state index >= 15 is 0 Å². The van der Waals surface area contributed by atoms with Crippen LogP contribution in [0.25, 0.3) is 6.08 Å². The Morgan fingerprint density at radius 2 is 1.85 bits per heavy atom. The number of ketones is 1. The molecule has 0 unspecified atom stereocenters. The van der Waals surface area contributed by atoms with Crippen molar-refractivity contribution in [1.29, 1.82) is 0 Å². The van der Waals surface area contributed by atoms with Gasteiger partial charge in [0.2, 0.25) is 0 Å². The topological polar surface area (TPSA) is 64.6 Å². The third-order valence-electron chi connectivity index (χ3n) is 4.10. The van der Waals surface area contributed by atoms with Gasteiger partial charge >= 0.3 is 0 Å². The average Bonchev–Trinajstić information content (AvgIpc) is 3.52. The summed E-state index contributed by atoms with van der Waals surface area (Å²) < 4.78 is 11.2. The van der Waals surface area contributed by atoms with E-state index in [0.29, 0.717) is 18.1 Å². The van der Waals surface area contributed by atoms with E-state index in [1.165, 1.54) is 0 Å². The standard InChI is InChI=1S/C22H23NO4/c1-2-26-21-14-16(8-12-19(24)17-10-11-17)9-13-20(21)27-15-22(25)23-18-6-4-3-5-7-18/h3-9,12-14,17H,2,10-11,15H2,1H3,(H,23,25)/b12-8+. The van der Waals surface area contributed by atoms with Gasteiger partial charge in [0, 0.05) is 11.6 Å². The molecule has 27 heavy (non-hydrogen) atoms. The number of anilines is 1. The van der Waals surface area contributed by atoms with Crippen molar-refractivity contribution in [2.75, 3.05) is 18.5 Å². The van der Waals surface area contributed by atoms with Gasteiger partial charge in [-0.2, -0.15) is 0 Å². The second-order valence-electron chi connectivity index (χ2n) is 6.35. The Morgan fingerprint density at radius 3 is 2.56 bits per heavy atom. The highest BCUT2D eigenvalue weighted by molar-refractivity contribution is 5.96. The summed E-state index contributed by atoms with van der Waals surface area (Å²) in [7, 11) is 0. The van der Waals surface area contributed by atoms with Gasteiger partial charge < -0.3 is 14.8 Å². The Labute approximate surface area is 159 Å². The quantitative estimate of drug-likeness (QED) is 0.680. The van der Waals surface area contributed by atoms with Gasteiger partial charge in [0.05, 0.1) is 6.61 Å². The summed E-state index contributed by atoms with van der Waals surface area (Å²) in [6, 6.07) is 14.6. The number of para-hydroxylation sites is 1. The lowest BCUT2D eigenvalue weighted by Crippen LogP contribution is -2.20. The first-order valence-corrected chi connectivity index (χ1v) is 9.12. The molecule has 0 aromatic heterocycles. The summed E-state index contributed by atoms with van der Waals surface area (Å²) in [6.07, 6.45) is 5.39. The SMILES string of the molecule is CCOc1cc(/C=C/C(=O)C2CC2)ccc1OCC(=O)Nc1ccccc1. The Kier molecular flexibility index (Phi) is 6.26. The van der Waals surface area contributed by atoms with Gasteiger partial charge in [-0.05, 0) is 55.7 Å². The van der Waals surface area contributed by atoms with E-state index in [2.05, 4.69) is 5.32 Å². The number of allylic oxidation sites excluding steroid dienone is 1. The normalized spacial score (nSPS) is 13.4. The molecule has 3 rings (SSSR count). The van der Waals surface area contributed by atoms with Crippen LogP contribution in [0.1, 0.15) is 25.3 Å². The minimum absolute atomic E-state index is 0.121. The fraction of sp³-hybridized carbons (Fsp3) is 0.273. The summed E-state index contributed by atoms with van der Waals surface area (Å²) >= 11 is 0. The maximum absolute atomic E-state index is 12.0. The van der Waals surface area contributed by atoms with E-state index in [-0.39, 0.29) is 24.2 Å². The molecule has 0 bridgehead atoms. The summed E-state index contributed by atoms with van der Waals surface area (Å²) in [5, 5.41) is 2.77. The van der Waals surface area contributed by atoms with E-state index in [4.69, 9.17) is 9.47 Å². The predicted molar refractivity (Wildman–Crippen MR) is 105 cm³/mol. The first-order chi connectivity index (χ1) is 13.2. The van der Waals surface area contributed by atoms with Crippen molar-refractivity contribution in [1.82, 2.24) is 0 Å². The maximum Gasteiger partial charge on any atom is 0.262 e. The lowest BCUT2D eigenvalue weighted by atomic mass is 10.1. The van der Waals surface area contributed by atoms with E-state index in [9.17, 15) is 9.59 Å². The van der Waals surface area contributed by atoms with E-state index in [0.717, 1.165) is 24.1 Å². The second kappa shape index (κ2) is 9.03. The molecule has 1 fully saturated rings. The van der Waals surface area contributed by atoms with Crippen LogP contribution in [0, 0.1) is 5.92 Å². The molecule has 0 radical (unpaired) electrons. The number of amides is 1. The smallest absolute Gasteiger partial charge is 0.262 e. The molecular weight excluding hydrogens is 342 g/mol. The van der Waals surface area contributed by atoms with Crippen LogP contribution in [0.2, 0.25) is 0 Å². The average molecular weight is 365 g/mol. The summed E-state index contributed by atoms with van der Waals surface area (Å²) in [5.74, 6) is 1.17. The van der Waals surface area contributed by atoms with Crippen molar-refractivity contribution in [3.63, 3.8) is 0 Å². The molecule has 5 nitrogen and oxygen atoms in total. The van der Waals surface area contributed by atoms with Gasteiger partial charge in [-0.15, -0.1) is 0 Å². The number of rotatable bonds is 9. The zero-order chi connectivity index (χ0) is 19.1. The minimum atomic E-state index is -0.248. The van der Waals surface area contributed by atoms with Crippen LogP contribution in [-0.4, -0.2) is 24.9 Å². The Balaban J connectivity index is 1.61. The first-order valence-electron chi connectivity index (χ1n) is 9.12. The fourth-order valence-corrected chi connectivity index (χ4v) is 2.56. The van der Waals surface area contributed by atoms with E-state index in [1.54, 1.807) is 18.2 Å². The fourth-order valence-electron chi connectivity index (χ4n) is 2.56. The van der Waals surface area contributed by atoms with Crippen LogP contribution < -0.4 is 14.8 Å². The molecule has 0 atom stereocenters. The minimum Gasteiger partial charge on any atom is -0.490 e. The first kappa shape index (κ1) is 18.7. The van der Waals surface area contributed by atoms with Crippen molar-refractivity contribution in [2.45, 2.75) is 19.8 Å². The van der Waals surface area contributed by atoms with Crippen LogP contribution >= 0.6 is 0 Å². The largest absolute Gasteiger partial charge is 0.490 e. The van der Waals surface area contributed by atoms with Gasteiger partial charge in [0.15, 0.2) is 23.9 Å². The molecular formula is C22H23NO4. The number of hydrogen-bond donors (Lipinski definition) is 1. The predicted octanol–water partition coefficient (Wildman–Crippen LogP) is 4.10. The van der Waals surface area contributed by atoms with Gasteiger partial charge in [0.25, 0.3) is 5.91 Å². The van der Waals surface area contributed by atoms with Crippen molar-refractivity contribution >= 4 is 23.5 Å². The Hall–Kier alpha value is -3.08. The highest BCUT2D eigenvalue weighted by Gasteiger charge is 2.27. The number of nitrogens with one attached hydrogen (secondary N) is 1. The van der Waals surface area contributed by atoms with Crippen LogP contribution in [0.15, 0.2) is 54.6 Å². The molecule has 0 saturated heterocycles. The summed E-state index contributed by atoms with van der Waals surface area (Å²) in [5.41, 5.74) is 1.57. The van der Waals surface area contributed by atoms with Crippen molar-refractivity contribution in [3.8, 4) is 11.5 Å². The lowest BCUT2D eigenvalue weighted by Gasteiger charge is -2.12. The van der Waals surface area contributed by atoms with Crippen LogP contribution in [-0.2, 0) is 9.59 Å². The van der Waals surface area contributed by atoms with Crippen LogP contribution in [0.3, 0.4) is 0 Å². The van der Waals surface area contributed by atoms with Crippen molar-refractivity contribution < 1.29 is 19.1 Å². The molecule has 5 heteroatoms. The van der Waals surface area contributed by atoms with Gasteiger partial charge in [-0.25, -0.2) is 0 Å². The molecule has 1 aliphatic carbocycles. The molecule has 0 heterocycles. The van der Waals surface area contributed by atoms with Crippen LogP contribution in [0.5, 0.6) is 11.5 Å². The third kappa shape index (κ3) is 5.71. The molecule has 1 aliphatic rings. The number of benzene rings is 2. The molecule has 140 valence electrons. The monoisotopic (exact) mass is 365 g/mol. The third-order valence-corrected chi connectivity index (χ3v) is 4.10. The highest BCUT2D eigenvalue weighted by Crippen LogP contribution is 2.31. The van der Waals surface area contributed by atoms with E-state index in [1.807, 2.05) is 49.4 Å². The summed E-state index contributed by atoms with van der Waals surface area (Å²) in [4.78, 5) is 23.8. The Bertz CT molecular complexity index is 825. The molecule has 1 saturated carbocycles. The molecule has 0 spiro atoms. The lowest BCUT2D eigenvalue weighted by molar-refractivity contribution is -0.118. The van der Waals surface area contributed by atoms with E-state index < -0.39 is 0 Å². The highest BCUT2D eigenvalue weighted by atomic mass is 16.5. The summed E-state index contributed by atoms with van der Waals surface area (Å²) in [6.45, 7) is 2.23. The number of hydrogen-bond acceptors (Lipinski definition) is 4. The number of carbonyl (C=O) groups excluding carboxylic acids is 2. The number of carbonyl (C=O) groups is 2. The molecule has 1 N–H and O–H groups in total. The van der Waals surface area contributed by atoms with Crippen molar-refractivity contribution in [3.05, 3.63) is 60.2 Å². The van der Waals surface area contributed by atoms with Crippen LogP contribution in [0.4, 0.5) is 5.69 Å². The molecule has 1 amide bonds. The maximum atomic E-state index is 12.0. The zero-order valence-corrected chi connectivity index (χ0v) is 15.3. The Morgan fingerprint density at radius 1 is 1.07 bits per heavy atom. The van der Waals surface area contributed by atoms with Gasteiger partial charge in [-0.3, -0.25) is 9.59 Å². The molecule has 2 aromatic carbocycles. The number of ether oxygens (including phenoxy) is 2. The second-order valence-corrected chi connectivity index (χ2v) is 6.35. The van der Waals surface area contributed by atoms with Gasteiger partial charge in [-0.1, -0.05) is 30.3 Å².